The molecular weight excluding hydrogens is 174 g/mol. The highest BCUT2D eigenvalue weighted by molar-refractivity contribution is 5.15. The lowest BCUT2D eigenvalue weighted by molar-refractivity contribution is 0.200. The van der Waals surface area contributed by atoms with Crippen LogP contribution in [-0.4, -0.2) is 13.7 Å². The minimum Gasteiger partial charge on any atom is -0.385 e. The predicted molar refractivity (Wildman–Crippen MR) is 58.9 cm³/mol. The van der Waals surface area contributed by atoms with Gasteiger partial charge >= 0.3 is 0 Å². The highest BCUT2D eigenvalue weighted by atomic mass is 16.5. The van der Waals surface area contributed by atoms with Crippen molar-refractivity contribution >= 4 is 0 Å². The Morgan fingerprint density at radius 1 is 1.36 bits per heavy atom. The van der Waals surface area contributed by atoms with Gasteiger partial charge < -0.3 is 10.1 Å². The van der Waals surface area contributed by atoms with Crippen molar-refractivity contribution in [2.24, 2.45) is 0 Å². The molecule has 0 aliphatic carbocycles. The topological polar surface area (TPSA) is 21.3 Å². The first-order chi connectivity index (χ1) is 6.83. The van der Waals surface area contributed by atoms with Gasteiger partial charge in [-0.2, -0.15) is 0 Å². The molecule has 0 heterocycles. The standard InChI is InChI=1S/C12H17NO/c1-11(8-9-14-2)13-10-12-6-4-3-5-7-12/h3-7,13H,1,8-10H2,2H3. The summed E-state index contributed by atoms with van der Waals surface area (Å²) in [5.74, 6) is 0. The fourth-order valence-corrected chi connectivity index (χ4v) is 1.14. The van der Waals surface area contributed by atoms with Crippen LogP contribution in [0.15, 0.2) is 42.6 Å². The Bertz CT molecular complexity index is 269. The van der Waals surface area contributed by atoms with Gasteiger partial charge in [-0.15, -0.1) is 0 Å². The maximum atomic E-state index is 4.96. The summed E-state index contributed by atoms with van der Waals surface area (Å²) in [6, 6.07) is 10.3. The van der Waals surface area contributed by atoms with Crippen LogP contribution >= 0.6 is 0 Å². The van der Waals surface area contributed by atoms with E-state index in [9.17, 15) is 0 Å². The van der Waals surface area contributed by atoms with Crippen molar-refractivity contribution in [1.29, 1.82) is 0 Å². The molecule has 1 rings (SSSR count). The Kier molecular flexibility index (Phi) is 4.79. The predicted octanol–water partition coefficient (Wildman–Crippen LogP) is 2.33. The van der Waals surface area contributed by atoms with Crippen molar-refractivity contribution in [3.05, 3.63) is 48.2 Å². The third-order valence-corrected chi connectivity index (χ3v) is 1.99. The number of hydrogen-bond donors (Lipinski definition) is 1. The Morgan fingerprint density at radius 2 is 2.07 bits per heavy atom. The number of rotatable bonds is 6. The van der Waals surface area contributed by atoms with Crippen LogP contribution in [0, 0.1) is 0 Å². The van der Waals surface area contributed by atoms with Crippen LogP contribution in [0.1, 0.15) is 12.0 Å². The molecule has 1 aromatic rings. The summed E-state index contributed by atoms with van der Waals surface area (Å²) in [7, 11) is 1.70. The third kappa shape index (κ3) is 4.10. The van der Waals surface area contributed by atoms with Gasteiger partial charge in [-0.25, -0.2) is 0 Å². The lowest BCUT2D eigenvalue weighted by Crippen LogP contribution is -2.13. The molecule has 0 amide bonds. The monoisotopic (exact) mass is 191 g/mol. The molecule has 0 aliphatic heterocycles. The zero-order chi connectivity index (χ0) is 10.2. The largest absolute Gasteiger partial charge is 0.385 e. The molecule has 0 saturated heterocycles. The summed E-state index contributed by atoms with van der Waals surface area (Å²) < 4.78 is 4.96. The molecule has 0 atom stereocenters. The fraction of sp³-hybridized carbons (Fsp3) is 0.333. The summed E-state index contributed by atoms with van der Waals surface area (Å²) in [6.45, 7) is 5.48. The van der Waals surface area contributed by atoms with Gasteiger partial charge in [-0.05, 0) is 5.56 Å². The van der Waals surface area contributed by atoms with Crippen LogP contribution in [0.5, 0.6) is 0 Å². The molecule has 1 aromatic carbocycles. The van der Waals surface area contributed by atoms with Gasteiger partial charge in [0.1, 0.15) is 0 Å². The van der Waals surface area contributed by atoms with Gasteiger partial charge in [-0.3, -0.25) is 0 Å². The zero-order valence-electron chi connectivity index (χ0n) is 8.62. The van der Waals surface area contributed by atoms with E-state index in [1.165, 1.54) is 5.56 Å². The van der Waals surface area contributed by atoms with Crippen molar-refractivity contribution in [2.75, 3.05) is 13.7 Å². The number of benzene rings is 1. The molecule has 76 valence electrons. The second-order valence-electron chi connectivity index (χ2n) is 3.19. The van der Waals surface area contributed by atoms with Gasteiger partial charge in [0.05, 0.1) is 6.61 Å². The summed E-state index contributed by atoms with van der Waals surface area (Å²) in [5, 5.41) is 3.26. The quantitative estimate of drug-likeness (QED) is 0.745. The molecule has 0 fully saturated rings. The molecule has 2 nitrogen and oxygen atoms in total. The second kappa shape index (κ2) is 6.22. The van der Waals surface area contributed by atoms with E-state index in [0.29, 0.717) is 0 Å². The van der Waals surface area contributed by atoms with Crippen LogP contribution in [0.4, 0.5) is 0 Å². The zero-order valence-corrected chi connectivity index (χ0v) is 8.62. The number of nitrogens with one attached hydrogen (secondary N) is 1. The van der Waals surface area contributed by atoms with E-state index in [0.717, 1.165) is 25.3 Å². The Labute approximate surface area is 85.6 Å². The van der Waals surface area contributed by atoms with Gasteiger partial charge in [0, 0.05) is 25.8 Å². The molecule has 0 saturated carbocycles. The van der Waals surface area contributed by atoms with E-state index in [1.54, 1.807) is 7.11 Å². The van der Waals surface area contributed by atoms with Crippen LogP contribution in [0.3, 0.4) is 0 Å². The van der Waals surface area contributed by atoms with E-state index < -0.39 is 0 Å². The molecule has 0 radical (unpaired) electrons. The molecule has 14 heavy (non-hydrogen) atoms. The Hall–Kier alpha value is -1.28. The van der Waals surface area contributed by atoms with E-state index in [-0.39, 0.29) is 0 Å². The smallest absolute Gasteiger partial charge is 0.0516 e. The van der Waals surface area contributed by atoms with Crippen molar-refractivity contribution < 1.29 is 4.74 Å². The van der Waals surface area contributed by atoms with Gasteiger partial charge in [0.25, 0.3) is 0 Å². The van der Waals surface area contributed by atoms with Crippen molar-refractivity contribution in [1.82, 2.24) is 5.32 Å². The summed E-state index contributed by atoms with van der Waals surface area (Å²) in [5.41, 5.74) is 2.29. The Balaban J connectivity index is 2.24. The van der Waals surface area contributed by atoms with Crippen LogP contribution < -0.4 is 5.32 Å². The highest BCUT2D eigenvalue weighted by Gasteiger charge is 1.93. The first-order valence-electron chi connectivity index (χ1n) is 4.77. The fourth-order valence-electron chi connectivity index (χ4n) is 1.14. The lowest BCUT2D eigenvalue weighted by Gasteiger charge is -2.08. The first kappa shape index (κ1) is 10.8. The van der Waals surface area contributed by atoms with Crippen LogP contribution in [0.2, 0.25) is 0 Å². The first-order valence-corrected chi connectivity index (χ1v) is 4.77. The summed E-state index contributed by atoms with van der Waals surface area (Å²) in [6.07, 6.45) is 0.864. The average Bonchev–Trinajstić information content (AvgIpc) is 2.25. The maximum absolute atomic E-state index is 4.96. The maximum Gasteiger partial charge on any atom is 0.0516 e. The van der Waals surface area contributed by atoms with Gasteiger partial charge in [0.2, 0.25) is 0 Å². The molecule has 1 N–H and O–H groups in total. The number of ether oxygens (including phenoxy) is 1. The minimum atomic E-state index is 0.723. The molecule has 0 aromatic heterocycles. The average molecular weight is 191 g/mol. The third-order valence-electron chi connectivity index (χ3n) is 1.99. The van der Waals surface area contributed by atoms with Gasteiger partial charge in [-0.1, -0.05) is 36.9 Å². The highest BCUT2D eigenvalue weighted by Crippen LogP contribution is 2.00. The minimum absolute atomic E-state index is 0.723. The van der Waals surface area contributed by atoms with Crippen LogP contribution in [-0.2, 0) is 11.3 Å². The van der Waals surface area contributed by atoms with Crippen molar-refractivity contribution in [2.45, 2.75) is 13.0 Å². The second-order valence-corrected chi connectivity index (χ2v) is 3.19. The SMILES string of the molecule is C=C(CCOC)NCc1ccccc1. The van der Waals surface area contributed by atoms with Gasteiger partial charge in [0.15, 0.2) is 0 Å². The molecule has 0 spiro atoms. The summed E-state index contributed by atoms with van der Waals surface area (Å²) in [4.78, 5) is 0. The van der Waals surface area contributed by atoms with Crippen molar-refractivity contribution in [3.63, 3.8) is 0 Å². The molecule has 0 bridgehead atoms. The lowest BCUT2D eigenvalue weighted by atomic mass is 10.2. The normalized spacial score (nSPS) is 9.79. The van der Waals surface area contributed by atoms with Crippen molar-refractivity contribution in [3.8, 4) is 0 Å². The van der Waals surface area contributed by atoms with E-state index >= 15 is 0 Å². The molecule has 0 unspecified atom stereocenters. The van der Waals surface area contributed by atoms with E-state index in [1.807, 2.05) is 18.2 Å². The van der Waals surface area contributed by atoms with E-state index in [4.69, 9.17) is 4.74 Å². The molecule has 2 heteroatoms. The molecule has 0 aliphatic rings. The summed E-state index contributed by atoms with van der Waals surface area (Å²) >= 11 is 0. The van der Waals surface area contributed by atoms with Crippen LogP contribution in [0.25, 0.3) is 0 Å². The number of methoxy groups -OCH3 is 1. The molecular formula is C12H17NO. The number of hydrogen-bond acceptors (Lipinski definition) is 2. The Morgan fingerprint density at radius 3 is 2.71 bits per heavy atom. The van der Waals surface area contributed by atoms with E-state index in [2.05, 4.69) is 24.0 Å².